The van der Waals surface area contributed by atoms with Gasteiger partial charge in [0.1, 0.15) is 6.04 Å². The van der Waals surface area contributed by atoms with Gasteiger partial charge in [-0.05, 0) is 46.6 Å². The van der Waals surface area contributed by atoms with Gasteiger partial charge in [-0.25, -0.2) is 4.79 Å². The quantitative estimate of drug-likeness (QED) is 0.641. The van der Waals surface area contributed by atoms with Crippen LogP contribution < -0.4 is 5.32 Å². The molecule has 0 saturated heterocycles. The lowest BCUT2D eigenvalue weighted by atomic mass is 10.2. The zero-order valence-electron chi connectivity index (χ0n) is 13.8. The summed E-state index contributed by atoms with van der Waals surface area (Å²) in [4.78, 5) is 23.2. The molecular weight excluding hydrogens is 402 g/mol. The second-order valence-corrected chi connectivity index (χ2v) is 6.62. The van der Waals surface area contributed by atoms with Gasteiger partial charge in [0.05, 0.1) is 17.2 Å². The molecule has 1 atom stereocenters. The Kier molecular flexibility index (Phi) is 5.17. The molecule has 0 aliphatic heterocycles. The molecule has 134 valence electrons. The molecule has 26 heavy (non-hydrogen) atoms. The molecular formula is C17H16BrN5O3. The van der Waals surface area contributed by atoms with Crippen molar-refractivity contribution in [3.05, 3.63) is 64.7 Å². The maximum Gasteiger partial charge on any atom is 0.356 e. The lowest BCUT2D eigenvalue weighted by molar-refractivity contribution is -0.119. The predicted molar refractivity (Wildman–Crippen MR) is 98.0 cm³/mol. The van der Waals surface area contributed by atoms with Crippen molar-refractivity contribution in [2.75, 3.05) is 5.32 Å². The van der Waals surface area contributed by atoms with Gasteiger partial charge in [0.25, 0.3) is 0 Å². The number of carboxylic acid groups (broad SMARTS) is 1. The summed E-state index contributed by atoms with van der Waals surface area (Å²) in [6.07, 6.45) is 5.08. The van der Waals surface area contributed by atoms with E-state index in [1.54, 1.807) is 17.8 Å². The summed E-state index contributed by atoms with van der Waals surface area (Å²) in [6.45, 7) is 2.28. The number of aromatic carboxylic acids is 1. The molecule has 0 aliphatic carbocycles. The number of anilines is 1. The Morgan fingerprint density at radius 2 is 2.00 bits per heavy atom. The maximum atomic E-state index is 12.3. The number of carbonyl (C=O) groups is 2. The van der Waals surface area contributed by atoms with Gasteiger partial charge in [-0.1, -0.05) is 12.1 Å². The van der Waals surface area contributed by atoms with Crippen LogP contribution >= 0.6 is 15.9 Å². The van der Waals surface area contributed by atoms with Crippen molar-refractivity contribution in [2.24, 2.45) is 0 Å². The third kappa shape index (κ3) is 4.17. The van der Waals surface area contributed by atoms with Crippen molar-refractivity contribution < 1.29 is 14.7 Å². The Bertz CT molecular complexity index is 932. The van der Waals surface area contributed by atoms with Gasteiger partial charge in [0, 0.05) is 18.1 Å². The lowest BCUT2D eigenvalue weighted by Crippen LogP contribution is -2.24. The Labute approximate surface area is 157 Å². The van der Waals surface area contributed by atoms with E-state index in [1.165, 1.54) is 16.9 Å². The van der Waals surface area contributed by atoms with E-state index in [0.29, 0.717) is 12.2 Å². The van der Waals surface area contributed by atoms with Crippen LogP contribution in [0.25, 0.3) is 0 Å². The summed E-state index contributed by atoms with van der Waals surface area (Å²) >= 11 is 3.36. The molecule has 0 radical (unpaired) electrons. The van der Waals surface area contributed by atoms with Crippen LogP contribution in [-0.2, 0) is 11.3 Å². The van der Waals surface area contributed by atoms with Crippen molar-refractivity contribution in [3.63, 3.8) is 0 Å². The van der Waals surface area contributed by atoms with Crippen molar-refractivity contribution >= 4 is 33.5 Å². The smallest absolute Gasteiger partial charge is 0.356 e. The van der Waals surface area contributed by atoms with E-state index in [4.69, 9.17) is 5.11 Å². The summed E-state index contributed by atoms with van der Waals surface area (Å²) < 4.78 is 4.04. The fourth-order valence-corrected chi connectivity index (χ4v) is 2.67. The number of hydrogen-bond donors (Lipinski definition) is 2. The molecule has 0 aliphatic rings. The zero-order valence-corrected chi connectivity index (χ0v) is 15.4. The molecule has 2 heterocycles. The van der Waals surface area contributed by atoms with E-state index in [2.05, 4.69) is 31.4 Å². The van der Waals surface area contributed by atoms with Gasteiger partial charge in [-0.2, -0.15) is 10.2 Å². The first-order chi connectivity index (χ1) is 12.4. The second kappa shape index (κ2) is 7.52. The van der Waals surface area contributed by atoms with Crippen molar-refractivity contribution in [1.82, 2.24) is 19.6 Å². The van der Waals surface area contributed by atoms with Crippen molar-refractivity contribution in [3.8, 4) is 0 Å². The first kappa shape index (κ1) is 17.9. The van der Waals surface area contributed by atoms with Crippen LogP contribution in [0, 0.1) is 0 Å². The molecule has 2 N–H and O–H groups in total. The van der Waals surface area contributed by atoms with Crippen LogP contribution in [0.5, 0.6) is 0 Å². The van der Waals surface area contributed by atoms with E-state index in [9.17, 15) is 9.59 Å². The number of aromatic nitrogens is 4. The van der Waals surface area contributed by atoms with Gasteiger partial charge in [0.15, 0.2) is 5.69 Å². The zero-order chi connectivity index (χ0) is 18.7. The molecule has 1 aromatic carbocycles. The highest BCUT2D eigenvalue weighted by Crippen LogP contribution is 2.15. The Hall–Kier alpha value is -2.94. The minimum Gasteiger partial charge on any atom is -0.476 e. The number of halogens is 1. The highest BCUT2D eigenvalue weighted by atomic mass is 79.9. The third-order valence-electron chi connectivity index (χ3n) is 3.77. The van der Waals surface area contributed by atoms with Crippen LogP contribution in [0.15, 0.2) is 53.4 Å². The topological polar surface area (TPSA) is 102 Å². The van der Waals surface area contributed by atoms with E-state index in [0.717, 1.165) is 10.0 Å². The van der Waals surface area contributed by atoms with Crippen LogP contribution in [0.4, 0.5) is 5.69 Å². The van der Waals surface area contributed by atoms with Crippen LogP contribution in [-0.4, -0.2) is 36.5 Å². The number of nitrogens with one attached hydrogen (secondary N) is 1. The molecule has 1 unspecified atom stereocenters. The van der Waals surface area contributed by atoms with Crippen molar-refractivity contribution in [2.45, 2.75) is 19.5 Å². The minimum absolute atomic E-state index is 0.0979. The largest absolute Gasteiger partial charge is 0.476 e. The number of carbonyl (C=O) groups excluding carboxylic acids is 1. The van der Waals surface area contributed by atoms with Gasteiger partial charge < -0.3 is 10.4 Å². The SMILES string of the molecule is CC(C(=O)Nc1ccc(Cn2cc(Br)cn2)cc1)n1ccc(C(=O)O)n1. The van der Waals surface area contributed by atoms with E-state index < -0.39 is 12.0 Å². The number of benzene rings is 1. The molecule has 1 amide bonds. The van der Waals surface area contributed by atoms with Crippen LogP contribution in [0.2, 0.25) is 0 Å². The first-order valence-corrected chi connectivity index (χ1v) is 8.58. The first-order valence-electron chi connectivity index (χ1n) is 7.78. The van der Waals surface area contributed by atoms with Gasteiger partial charge in [0.2, 0.25) is 5.91 Å². The van der Waals surface area contributed by atoms with E-state index in [-0.39, 0.29) is 11.6 Å². The number of hydrogen-bond acceptors (Lipinski definition) is 4. The molecule has 0 spiro atoms. The van der Waals surface area contributed by atoms with Gasteiger partial charge in [-0.15, -0.1) is 0 Å². The van der Waals surface area contributed by atoms with Crippen molar-refractivity contribution in [1.29, 1.82) is 0 Å². The normalized spacial score (nSPS) is 11.9. The summed E-state index contributed by atoms with van der Waals surface area (Å²) in [7, 11) is 0. The number of amides is 1. The maximum absolute atomic E-state index is 12.3. The highest BCUT2D eigenvalue weighted by Gasteiger charge is 2.17. The highest BCUT2D eigenvalue weighted by molar-refractivity contribution is 9.10. The van der Waals surface area contributed by atoms with E-state index in [1.807, 2.05) is 30.5 Å². The molecule has 0 bridgehead atoms. The number of carboxylic acids is 1. The predicted octanol–water partition coefficient (Wildman–Crippen LogP) is 2.79. The molecule has 2 aromatic heterocycles. The molecule has 3 rings (SSSR count). The lowest BCUT2D eigenvalue weighted by Gasteiger charge is -2.13. The summed E-state index contributed by atoms with van der Waals surface area (Å²) in [5.41, 5.74) is 1.60. The fourth-order valence-electron chi connectivity index (χ4n) is 2.34. The monoisotopic (exact) mass is 417 g/mol. The second-order valence-electron chi connectivity index (χ2n) is 5.70. The Morgan fingerprint density at radius 1 is 1.27 bits per heavy atom. The number of nitrogens with zero attached hydrogens (tertiary/aromatic N) is 4. The minimum atomic E-state index is -1.13. The van der Waals surface area contributed by atoms with Crippen LogP contribution in [0.3, 0.4) is 0 Å². The Morgan fingerprint density at radius 3 is 2.58 bits per heavy atom. The van der Waals surface area contributed by atoms with Gasteiger partial charge in [-0.3, -0.25) is 14.2 Å². The number of rotatable bonds is 6. The fraction of sp³-hybridized carbons (Fsp3) is 0.176. The molecule has 3 aromatic rings. The van der Waals surface area contributed by atoms with Gasteiger partial charge >= 0.3 is 5.97 Å². The molecule has 0 saturated carbocycles. The van der Waals surface area contributed by atoms with Crippen LogP contribution in [0.1, 0.15) is 29.0 Å². The summed E-state index contributed by atoms with van der Waals surface area (Å²) in [5.74, 6) is -1.41. The standard InChI is InChI=1S/C17H16BrN5O3/c1-11(23-7-6-15(21-23)17(25)26)16(24)20-14-4-2-12(3-5-14)9-22-10-13(18)8-19-22/h2-8,10-11H,9H2,1H3,(H,20,24)(H,25,26). The molecule has 8 nitrogen and oxygen atoms in total. The molecule has 0 fully saturated rings. The third-order valence-corrected chi connectivity index (χ3v) is 4.18. The summed E-state index contributed by atoms with van der Waals surface area (Å²) in [6, 6.07) is 8.16. The average molecular weight is 418 g/mol. The molecule has 9 heteroatoms. The average Bonchev–Trinajstić information content (AvgIpc) is 3.25. The Balaban J connectivity index is 1.62. The van der Waals surface area contributed by atoms with E-state index >= 15 is 0 Å². The summed E-state index contributed by atoms with van der Waals surface area (Å²) in [5, 5.41) is 19.8.